The van der Waals surface area contributed by atoms with Crippen LogP contribution >= 0.6 is 11.8 Å². The van der Waals surface area contributed by atoms with Crippen LogP contribution in [0.15, 0.2) is 76.4 Å². The standard InChI is InChI=1S/C19H17N3O2S/c1-25-16-9-7-15(8-10-16)20-19(24)17-11-12-18(23)22(21-17)13-14-5-3-2-4-6-14/h2-12H,13H2,1H3,(H,20,24). The molecule has 1 N–H and O–H groups in total. The van der Waals surface area contributed by atoms with Gasteiger partial charge in [-0.25, -0.2) is 4.68 Å². The molecular weight excluding hydrogens is 334 g/mol. The Balaban J connectivity index is 1.78. The molecule has 2 aromatic carbocycles. The van der Waals surface area contributed by atoms with Crippen LogP contribution < -0.4 is 10.9 Å². The number of nitrogens with zero attached hydrogens (tertiary/aromatic N) is 2. The topological polar surface area (TPSA) is 64.0 Å². The molecule has 3 aromatic rings. The maximum Gasteiger partial charge on any atom is 0.276 e. The van der Waals surface area contributed by atoms with Crippen molar-refractivity contribution in [2.75, 3.05) is 11.6 Å². The molecule has 3 rings (SSSR count). The Morgan fingerprint density at radius 1 is 1.04 bits per heavy atom. The lowest BCUT2D eigenvalue weighted by molar-refractivity contribution is 0.102. The maximum absolute atomic E-state index is 12.4. The predicted octanol–water partition coefficient (Wildman–Crippen LogP) is 3.27. The van der Waals surface area contributed by atoms with E-state index in [0.717, 1.165) is 10.5 Å². The van der Waals surface area contributed by atoms with E-state index in [1.807, 2.05) is 60.9 Å². The molecule has 1 aromatic heterocycles. The Labute approximate surface area is 149 Å². The van der Waals surface area contributed by atoms with Gasteiger partial charge in [0.1, 0.15) is 5.69 Å². The fourth-order valence-electron chi connectivity index (χ4n) is 2.31. The summed E-state index contributed by atoms with van der Waals surface area (Å²) in [5.74, 6) is -0.348. The fraction of sp³-hybridized carbons (Fsp3) is 0.105. The zero-order valence-corrected chi connectivity index (χ0v) is 14.5. The van der Waals surface area contributed by atoms with Crippen molar-refractivity contribution >= 4 is 23.4 Å². The Hall–Kier alpha value is -2.86. The van der Waals surface area contributed by atoms with Gasteiger partial charge in [-0.2, -0.15) is 5.10 Å². The number of aromatic nitrogens is 2. The van der Waals surface area contributed by atoms with Crippen molar-refractivity contribution in [1.29, 1.82) is 0 Å². The quantitative estimate of drug-likeness (QED) is 0.717. The molecule has 0 saturated carbocycles. The van der Waals surface area contributed by atoms with Gasteiger partial charge in [0.25, 0.3) is 11.5 Å². The third-order valence-corrected chi connectivity index (χ3v) is 4.37. The van der Waals surface area contributed by atoms with Crippen molar-refractivity contribution < 1.29 is 4.79 Å². The minimum absolute atomic E-state index is 0.199. The summed E-state index contributed by atoms with van der Waals surface area (Å²) < 4.78 is 1.29. The van der Waals surface area contributed by atoms with E-state index in [1.165, 1.54) is 16.8 Å². The van der Waals surface area contributed by atoms with E-state index >= 15 is 0 Å². The van der Waals surface area contributed by atoms with Gasteiger partial charge in [-0.05, 0) is 42.2 Å². The molecule has 0 atom stereocenters. The minimum atomic E-state index is -0.348. The number of benzene rings is 2. The summed E-state index contributed by atoms with van der Waals surface area (Å²) >= 11 is 1.63. The molecule has 0 bridgehead atoms. The number of hydrogen-bond acceptors (Lipinski definition) is 4. The predicted molar refractivity (Wildman–Crippen MR) is 100 cm³/mol. The summed E-state index contributed by atoms with van der Waals surface area (Å²) in [5, 5.41) is 6.98. The molecule has 126 valence electrons. The molecule has 0 aliphatic heterocycles. The van der Waals surface area contributed by atoms with Crippen LogP contribution in [0.25, 0.3) is 0 Å². The number of anilines is 1. The molecule has 0 radical (unpaired) electrons. The minimum Gasteiger partial charge on any atom is -0.321 e. The first-order chi connectivity index (χ1) is 12.2. The molecule has 6 heteroatoms. The second-order valence-electron chi connectivity index (χ2n) is 5.38. The zero-order valence-electron chi connectivity index (χ0n) is 13.7. The molecule has 1 amide bonds. The normalized spacial score (nSPS) is 10.4. The van der Waals surface area contributed by atoms with Crippen LogP contribution in [-0.4, -0.2) is 21.9 Å². The first-order valence-electron chi connectivity index (χ1n) is 7.73. The zero-order chi connectivity index (χ0) is 17.6. The van der Waals surface area contributed by atoms with Gasteiger partial charge in [0.05, 0.1) is 6.54 Å². The first kappa shape index (κ1) is 17.0. The Morgan fingerprint density at radius 3 is 2.44 bits per heavy atom. The van der Waals surface area contributed by atoms with Gasteiger partial charge in [0, 0.05) is 16.6 Å². The van der Waals surface area contributed by atoms with E-state index in [9.17, 15) is 9.59 Å². The summed E-state index contributed by atoms with van der Waals surface area (Å²) in [4.78, 5) is 25.5. The van der Waals surface area contributed by atoms with Gasteiger partial charge in [-0.15, -0.1) is 11.8 Å². The molecule has 1 heterocycles. The summed E-state index contributed by atoms with van der Waals surface area (Å²) in [6.07, 6.45) is 1.99. The highest BCUT2D eigenvalue weighted by molar-refractivity contribution is 7.98. The van der Waals surface area contributed by atoms with Crippen molar-refractivity contribution in [3.05, 3.63) is 88.3 Å². The Bertz CT molecular complexity index is 921. The van der Waals surface area contributed by atoms with E-state index in [1.54, 1.807) is 11.8 Å². The van der Waals surface area contributed by atoms with Crippen LogP contribution in [0.4, 0.5) is 5.69 Å². The van der Waals surface area contributed by atoms with E-state index in [-0.39, 0.29) is 17.2 Å². The van der Waals surface area contributed by atoms with Crippen molar-refractivity contribution in [1.82, 2.24) is 9.78 Å². The number of hydrogen-bond donors (Lipinski definition) is 1. The van der Waals surface area contributed by atoms with Gasteiger partial charge in [-0.3, -0.25) is 9.59 Å². The number of carbonyl (C=O) groups is 1. The number of carbonyl (C=O) groups excluding carboxylic acids is 1. The fourth-order valence-corrected chi connectivity index (χ4v) is 2.72. The highest BCUT2D eigenvalue weighted by atomic mass is 32.2. The van der Waals surface area contributed by atoms with Gasteiger partial charge >= 0.3 is 0 Å². The third kappa shape index (κ3) is 4.36. The van der Waals surface area contributed by atoms with Crippen molar-refractivity contribution in [2.45, 2.75) is 11.4 Å². The SMILES string of the molecule is CSc1ccc(NC(=O)c2ccc(=O)n(Cc3ccccc3)n2)cc1. The number of rotatable bonds is 5. The Morgan fingerprint density at radius 2 is 1.76 bits per heavy atom. The summed E-state index contributed by atoms with van der Waals surface area (Å²) in [5.41, 5.74) is 1.59. The van der Waals surface area contributed by atoms with Crippen LogP contribution in [0.1, 0.15) is 16.1 Å². The molecule has 0 saturated heterocycles. The van der Waals surface area contributed by atoms with Gasteiger partial charge in [-0.1, -0.05) is 30.3 Å². The smallest absolute Gasteiger partial charge is 0.276 e. The summed E-state index contributed by atoms with van der Waals surface area (Å²) in [6.45, 7) is 0.323. The molecule has 0 fully saturated rings. The molecule has 25 heavy (non-hydrogen) atoms. The molecule has 0 aliphatic rings. The van der Waals surface area contributed by atoms with Crippen molar-refractivity contribution in [3.8, 4) is 0 Å². The maximum atomic E-state index is 12.4. The van der Waals surface area contributed by atoms with E-state index in [2.05, 4.69) is 10.4 Å². The average molecular weight is 351 g/mol. The summed E-state index contributed by atoms with van der Waals surface area (Å²) in [7, 11) is 0. The monoisotopic (exact) mass is 351 g/mol. The van der Waals surface area contributed by atoms with Crippen molar-refractivity contribution in [2.24, 2.45) is 0 Å². The highest BCUT2D eigenvalue weighted by Crippen LogP contribution is 2.17. The van der Waals surface area contributed by atoms with Crippen molar-refractivity contribution in [3.63, 3.8) is 0 Å². The highest BCUT2D eigenvalue weighted by Gasteiger charge is 2.10. The molecule has 0 unspecified atom stereocenters. The molecular formula is C19H17N3O2S. The number of thioether (sulfide) groups is 1. The third-order valence-electron chi connectivity index (χ3n) is 3.62. The van der Waals surface area contributed by atoms with E-state index in [4.69, 9.17) is 0 Å². The number of nitrogens with one attached hydrogen (secondary N) is 1. The van der Waals surface area contributed by atoms with Gasteiger partial charge < -0.3 is 5.32 Å². The van der Waals surface area contributed by atoms with Gasteiger partial charge in [0.15, 0.2) is 0 Å². The second-order valence-corrected chi connectivity index (χ2v) is 6.26. The van der Waals surface area contributed by atoms with Crippen LogP contribution in [0.3, 0.4) is 0 Å². The van der Waals surface area contributed by atoms with Crippen LogP contribution in [0.2, 0.25) is 0 Å². The first-order valence-corrected chi connectivity index (χ1v) is 8.96. The lowest BCUT2D eigenvalue weighted by atomic mass is 10.2. The molecule has 0 aliphatic carbocycles. The van der Waals surface area contributed by atoms with Crippen LogP contribution in [-0.2, 0) is 6.54 Å². The van der Waals surface area contributed by atoms with Crippen LogP contribution in [0.5, 0.6) is 0 Å². The van der Waals surface area contributed by atoms with Gasteiger partial charge in [0.2, 0.25) is 0 Å². The molecule has 5 nitrogen and oxygen atoms in total. The largest absolute Gasteiger partial charge is 0.321 e. The average Bonchev–Trinajstić information content (AvgIpc) is 2.65. The summed E-state index contributed by atoms with van der Waals surface area (Å²) in [6, 6.07) is 19.9. The molecule has 0 spiro atoms. The van der Waals surface area contributed by atoms with E-state index < -0.39 is 0 Å². The van der Waals surface area contributed by atoms with Crippen LogP contribution in [0, 0.1) is 0 Å². The second kappa shape index (κ2) is 7.81. The number of amides is 1. The lowest BCUT2D eigenvalue weighted by Gasteiger charge is -2.08. The van der Waals surface area contributed by atoms with E-state index in [0.29, 0.717) is 12.2 Å². The Kier molecular flexibility index (Phi) is 5.30. The lowest BCUT2D eigenvalue weighted by Crippen LogP contribution is -2.26.